The van der Waals surface area contributed by atoms with Crippen molar-refractivity contribution in [1.82, 2.24) is 4.72 Å². The second kappa shape index (κ2) is 7.93. The lowest BCUT2D eigenvalue weighted by Crippen LogP contribution is -2.21. The molecule has 0 bridgehead atoms. The largest absolute Gasteiger partial charge is 0.371 e. The first kappa shape index (κ1) is 20.4. The number of rotatable bonds is 5. The van der Waals surface area contributed by atoms with Gasteiger partial charge in [-0.2, -0.15) is 0 Å². The third-order valence-electron chi connectivity index (χ3n) is 5.35. The monoisotopic (exact) mass is 401 g/mol. The van der Waals surface area contributed by atoms with Gasteiger partial charge in [-0.25, -0.2) is 13.1 Å². The molecule has 0 spiro atoms. The van der Waals surface area contributed by atoms with E-state index in [9.17, 15) is 13.2 Å². The number of nitrogens with one attached hydrogen (secondary N) is 2. The second-order valence-corrected chi connectivity index (χ2v) is 9.32. The first-order chi connectivity index (χ1) is 13.2. The maximum atomic E-state index is 12.7. The number of aryl methyl sites for hydroxylation is 1. The van der Waals surface area contributed by atoms with Gasteiger partial charge in [-0.3, -0.25) is 4.79 Å². The second-order valence-electron chi connectivity index (χ2n) is 7.46. The van der Waals surface area contributed by atoms with Crippen LogP contribution in [-0.2, 0) is 10.0 Å². The number of carbonyl (C=O) groups excluding carboxylic acids is 1. The molecule has 3 rings (SSSR count). The molecule has 0 aromatic heterocycles. The number of amides is 1. The number of sulfonamides is 1. The molecule has 1 aliphatic rings. The van der Waals surface area contributed by atoms with E-state index in [0.29, 0.717) is 22.7 Å². The molecule has 1 aliphatic heterocycles. The van der Waals surface area contributed by atoms with E-state index in [4.69, 9.17) is 0 Å². The summed E-state index contributed by atoms with van der Waals surface area (Å²) in [6.07, 6.45) is 1.20. The number of carbonyl (C=O) groups is 1. The third-order valence-corrected chi connectivity index (χ3v) is 6.89. The number of nitrogens with zero attached hydrogens (tertiary/aromatic N) is 1. The normalized spacial score (nSPS) is 17.0. The molecule has 1 unspecified atom stereocenters. The van der Waals surface area contributed by atoms with Gasteiger partial charge in [0.15, 0.2) is 0 Å². The first-order valence-corrected chi connectivity index (χ1v) is 10.9. The van der Waals surface area contributed by atoms with Crippen LogP contribution in [0.3, 0.4) is 0 Å². The van der Waals surface area contributed by atoms with Crippen molar-refractivity contribution < 1.29 is 13.2 Å². The van der Waals surface area contributed by atoms with Crippen molar-refractivity contribution in [3.8, 4) is 0 Å². The van der Waals surface area contributed by atoms with Gasteiger partial charge >= 0.3 is 0 Å². The van der Waals surface area contributed by atoms with Crippen LogP contribution in [0.25, 0.3) is 0 Å². The maximum Gasteiger partial charge on any atom is 0.255 e. The van der Waals surface area contributed by atoms with Crippen LogP contribution in [0, 0.1) is 19.8 Å². The predicted molar refractivity (Wildman–Crippen MR) is 113 cm³/mol. The molecule has 2 N–H and O–H groups in total. The highest BCUT2D eigenvalue weighted by Gasteiger charge is 2.20. The van der Waals surface area contributed by atoms with Gasteiger partial charge in [-0.1, -0.05) is 6.92 Å². The Morgan fingerprint density at radius 3 is 2.39 bits per heavy atom. The minimum absolute atomic E-state index is 0.124. The predicted octanol–water partition coefficient (Wildman–Crippen LogP) is 3.31. The maximum absolute atomic E-state index is 12.7. The molecule has 1 atom stereocenters. The van der Waals surface area contributed by atoms with Crippen molar-refractivity contribution in [3.05, 3.63) is 53.1 Å². The summed E-state index contributed by atoms with van der Waals surface area (Å²) in [4.78, 5) is 15.2. The zero-order valence-electron chi connectivity index (χ0n) is 16.7. The van der Waals surface area contributed by atoms with Crippen molar-refractivity contribution in [2.45, 2.75) is 32.1 Å². The first-order valence-electron chi connectivity index (χ1n) is 9.42. The van der Waals surface area contributed by atoms with Crippen LogP contribution in [0.4, 0.5) is 11.4 Å². The summed E-state index contributed by atoms with van der Waals surface area (Å²) in [6, 6.07) is 10.9. The molecule has 2 aromatic rings. The molecular formula is C21H27N3O3S. The van der Waals surface area contributed by atoms with E-state index in [1.165, 1.54) is 19.5 Å². The summed E-state index contributed by atoms with van der Waals surface area (Å²) in [5.74, 6) is 0.366. The summed E-state index contributed by atoms with van der Waals surface area (Å²) in [5.41, 5.74) is 3.53. The molecule has 0 saturated carbocycles. The minimum Gasteiger partial charge on any atom is -0.371 e. The molecular weight excluding hydrogens is 374 g/mol. The lowest BCUT2D eigenvalue weighted by Gasteiger charge is -2.18. The Hall–Kier alpha value is -2.38. The SMILES string of the molecule is CNS(=O)(=O)c1cc(C(=O)Nc2ccc(N3CCC(C)C3)cc2)cc(C)c1C. The number of benzene rings is 2. The molecule has 28 heavy (non-hydrogen) atoms. The number of anilines is 2. The van der Waals surface area contributed by atoms with Crippen molar-refractivity contribution >= 4 is 27.3 Å². The van der Waals surface area contributed by atoms with Crippen molar-refractivity contribution in [2.75, 3.05) is 30.4 Å². The van der Waals surface area contributed by atoms with E-state index in [1.54, 1.807) is 19.9 Å². The standard InChI is InChI=1S/C21H27N3O3S/c1-14-9-10-24(13-14)19-7-5-18(6-8-19)23-21(25)17-11-15(2)16(3)20(12-17)28(26,27)22-4/h5-8,11-12,14,22H,9-10,13H2,1-4H3,(H,23,25). The molecule has 6 nitrogen and oxygen atoms in total. The summed E-state index contributed by atoms with van der Waals surface area (Å²) in [5, 5.41) is 2.86. The average molecular weight is 402 g/mol. The third kappa shape index (κ3) is 4.20. The summed E-state index contributed by atoms with van der Waals surface area (Å²) in [7, 11) is -2.27. The van der Waals surface area contributed by atoms with Crippen LogP contribution in [-0.4, -0.2) is 34.5 Å². The van der Waals surface area contributed by atoms with Gasteiger partial charge in [0.1, 0.15) is 0 Å². The molecule has 7 heteroatoms. The quantitative estimate of drug-likeness (QED) is 0.806. The van der Waals surface area contributed by atoms with E-state index in [2.05, 4.69) is 21.9 Å². The highest BCUT2D eigenvalue weighted by Crippen LogP contribution is 2.26. The van der Waals surface area contributed by atoms with Crippen LogP contribution >= 0.6 is 0 Å². The van der Waals surface area contributed by atoms with E-state index in [-0.39, 0.29) is 10.8 Å². The Kier molecular flexibility index (Phi) is 5.76. The van der Waals surface area contributed by atoms with E-state index < -0.39 is 10.0 Å². The van der Waals surface area contributed by atoms with Crippen LogP contribution in [0.2, 0.25) is 0 Å². The Labute approximate surface area is 167 Å². The average Bonchev–Trinajstić information content (AvgIpc) is 3.10. The zero-order valence-corrected chi connectivity index (χ0v) is 17.6. The van der Waals surface area contributed by atoms with Crippen LogP contribution < -0.4 is 14.9 Å². The summed E-state index contributed by atoms with van der Waals surface area (Å²) >= 11 is 0. The van der Waals surface area contributed by atoms with Crippen LogP contribution in [0.5, 0.6) is 0 Å². The topological polar surface area (TPSA) is 78.5 Å². The molecule has 0 aliphatic carbocycles. The highest BCUT2D eigenvalue weighted by molar-refractivity contribution is 7.89. The fraction of sp³-hybridized carbons (Fsp3) is 0.381. The Bertz CT molecular complexity index is 985. The lowest BCUT2D eigenvalue weighted by molar-refractivity contribution is 0.102. The van der Waals surface area contributed by atoms with Gasteiger partial charge in [-0.15, -0.1) is 0 Å². The zero-order chi connectivity index (χ0) is 20.5. The molecule has 1 saturated heterocycles. The van der Waals surface area contributed by atoms with Crippen LogP contribution in [0.15, 0.2) is 41.3 Å². The molecule has 1 heterocycles. The molecule has 2 aromatic carbocycles. The minimum atomic E-state index is -3.64. The Balaban J connectivity index is 1.80. The fourth-order valence-corrected chi connectivity index (χ4v) is 4.54. The molecule has 1 amide bonds. The highest BCUT2D eigenvalue weighted by atomic mass is 32.2. The van der Waals surface area contributed by atoms with Gasteiger partial charge in [0.05, 0.1) is 4.90 Å². The summed E-state index contributed by atoms with van der Waals surface area (Å²) in [6.45, 7) is 7.89. The molecule has 1 fully saturated rings. The van der Waals surface area contributed by atoms with Crippen molar-refractivity contribution in [2.24, 2.45) is 5.92 Å². The van der Waals surface area contributed by atoms with E-state index in [0.717, 1.165) is 24.3 Å². The fourth-order valence-electron chi connectivity index (χ4n) is 3.48. The lowest BCUT2D eigenvalue weighted by atomic mass is 10.1. The number of hydrogen-bond donors (Lipinski definition) is 2. The Morgan fingerprint density at radius 2 is 1.82 bits per heavy atom. The smallest absolute Gasteiger partial charge is 0.255 e. The van der Waals surface area contributed by atoms with Gasteiger partial charge in [-0.05, 0) is 80.8 Å². The Morgan fingerprint density at radius 1 is 1.14 bits per heavy atom. The van der Waals surface area contributed by atoms with Crippen LogP contribution in [0.1, 0.15) is 34.8 Å². The summed E-state index contributed by atoms with van der Waals surface area (Å²) < 4.78 is 26.8. The van der Waals surface area contributed by atoms with Gasteiger partial charge < -0.3 is 10.2 Å². The van der Waals surface area contributed by atoms with Crippen molar-refractivity contribution in [3.63, 3.8) is 0 Å². The molecule has 150 valence electrons. The van der Waals surface area contributed by atoms with E-state index >= 15 is 0 Å². The van der Waals surface area contributed by atoms with Gasteiger partial charge in [0.2, 0.25) is 10.0 Å². The molecule has 0 radical (unpaired) electrons. The van der Waals surface area contributed by atoms with Gasteiger partial charge in [0.25, 0.3) is 5.91 Å². The van der Waals surface area contributed by atoms with Crippen molar-refractivity contribution in [1.29, 1.82) is 0 Å². The van der Waals surface area contributed by atoms with E-state index in [1.807, 2.05) is 24.3 Å². The number of hydrogen-bond acceptors (Lipinski definition) is 4. The van der Waals surface area contributed by atoms with Gasteiger partial charge in [0, 0.05) is 30.0 Å².